The van der Waals surface area contributed by atoms with E-state index in [1.54, 1.807) is 4.68 Å². The molecule has 3 nitrogen and oxygen atoms in total. The Balaban J connectivity index is 2.57. The zero-order chi connectivity index (χ0) is 12.6. The number of carbonyl (C=O) groups excluding carboxylic acids is 1. The summed E-state index contributed by atoms with van der Waals surface area (Å²) in [5.74, 6) is -0.00846. The Bertz CT molecular complexity index is 570. The molecule has 1 aromatic heterocycles. The van der Waals surface area contributed by atoms with Gasteiger partial charge in [-0.25, -0.2) is 4.68 Å². The SMILES string of the molecule is CC(=O)c1c(C)nn(-c2ccc(C)cc2)c1S. The van der Waals surface area contributed by atoms with Crippen molar-refractivity contribution < 1.29 is 4.79 Å². The fourth-order valence-corrected chi connectivity index (χ4v) is 2.27. The Kier molecular flexibility index (Phi) is 3.07. The minimum absolute atomic E-state index is 0.00846. The molecule has 17 heavy (non-hydrogen) atoms. The van der Waals surface area contributed by atoms with E-state index in [0.29, 0.717) is 16.3 Å². The van der Waals surface area contributed by atoms with Crippen LogP contribution < -0.4 is 0 Å². The highest BCUT2D eigenvalue weighted by molar-refractivity contribution is 7.80. The fraction of sp³-hybridized carbons (Fsp3) is 0.231. The molecule has 88 valence electrons. The molecule has 0 fully saturated rings. The molecule has 0 bridgehead atoms. The predicted molar refractivity (Wildman–Crippen MR) is 70.3 cm³/mol. The molecule has 2 aromatic rings. The van der Waals surface area contributed by atoms with Crippen molar-refractivity contribution in [3.05, 3.63) is 41.1 Å². The molecule has 0 aliphatic carbocycles. The van der Waals surface area contributed by atoms with Gasteiger partial charge >= 0.3 is 0 Å². The molecule has 0 amide bonds. The molecule has 0 saturated carbocycles. The Morgan fingerprint density at radius 1 is 1.24 bits per heavy atom. The Labute approximate surface area is 106 Å². The number of aromatic nitrogens is 2. The second kappa shape index (κ2) is 4.37. The second-order valence-corrected chi connectivity index (χ2v) is 4.51. The highest BCUT2D eigenvalue weighted by Gasteiger charge is 2.16. The number of thiol groups is 1. The standard InChI is InChI=1S/C13H14N2OS/c1-8-4-6-11(7-5-8)15-13(17)12(10(3)16)9(2)14-15/h4-7,17H,1-3H3. The topological polar surface area (TPSA) is 34.9 Å². The number of aryl methyl sites for hydroxylation is 2. The van der Waals surface area contributed by atoms with Gasteiger partial charge in [-0.05, 0) is 32.9 Å². The molecular formula is C13H14N2OS. The van der Waals surface area contributed by atoms with E-state index in [1.165, 1.54) is 12.5 Å². The Morgan fingerprint density at radius 3 is 2.29 bits per heavy atom. The quantitative estimate of drug-likeness (QED) is 0.653. The summed E-state index contributed by atoms with van der Waals surface area (Å²) in [7, 11) is 0. The smallest absolute Gasteiger partial charge is 0.164 e. The maximum Gasteiger partial charge on any atom is 0.164 e. The second-order valence-electron chi connectivity index (χ2n) is 4.09. The van der Waals surface area contributed by atoms with Crippen LogP contribution in [-0.4, -0.2) is 15.6 Å². The summed E-state index contributed by atoms with van der Waals surface area (Å²) in [5.41, 5.74) is 3.40. The molecule has 2 rings (SSSR count). The predicted octanol–water partition coefficient (Wildman–Crippen LogP) is 2.98. The van der Waals surface area contributed by atoms with Gasteiger partial charge in [0.2, 0.25) is 0 Å². The molecule has 0 unspecified atom stereocenters. The van der Waals surface area contributed by atoms with E-state index in [9.17, 15) is 4.79 Å². The van der Waals surface area contributed by atoms with Crippen molar-refractivity contribution in [2.45, 2.75) is 25.8 Å². The van der Waals surface area contributed by atoms with E-state index in [4.69, 9.17) is 0 Å². The average molecular weight is 246 g/mol. The zero-order valence-corrected chi connectivity index (χ0v) is 11.0. The van der Waals surface area contributed by atoms with Crippen LogP contribution in [0.4, 0.5) is 0 Å². The molecular weight excluding hydrogens is 232 g/mol. The van der Waals surface area contributed by atoms with E-state index in [2.05, 4.69) is 17.7 Å². The van der Waals surface area contributed by atoms with Gasteiger partial charge in [-0.2, -0.15) is 5.10 Å². The average Bonchev–Trinajstić information content (AvgIpc) is 2.55. The van der Waals surface area contributed by atoms with Gasteiger partial charge in [-0.15, -0.1) is 12.6 Å². The van der Waals surface area contributed by atoms with E-state index in [-0.39, 0.29) is 5.78 Å². The lowest BCUT2D eigenvalue weighted by atomic mass is 10.2. The number of rotatable bonds is 2. The van der Waals surface area contributed by atoms with Crippen molar-refractivity contribution in [1.29, 1.82) is 0 Å². The third kappa shape index (κ3) is 2.13. The van der Waals surface area contributed by atoms with Crippen LogP contribution in [0.3, 0.4) is 0 Å². The molecule has 0 aliphatic rings. The maximum absolute atomic E-state index is 11.5. The number of benzene rings is 1. The first kappa shape index (κ1) is 11.9. The minimum Gasteiger partial charge on any atom is -0.294 e. The van der Waals surface area contributed by atoms with Crippen LogP contribution in [0.1, 0.15) is 28.5 Å². The largest absolute Gasteiger partial charge is 0.294 e. The normalized spacial score (nSPS) is 10.6. The first-order chi connectivity index (χ1) is 8.00. The number of carbonyl (C=O) groups is 1. The number of nitrogens with zero attached hydrogens (tertiary/aromatic N) is 2. The lowest BCUT2D eigenvalue weighted by Crippen LogP contribution is -1.98. The van der Waals surface area contributed by atoms with Gasteiger partial charge in [-0.1, -0.05) is 17.7 Å². The first-order valence-electron chi connectivity index (χ1n) is 5.37. The van der Waals surface area contributed by atoms with Crippen molar-refractivity contribution in [3.63, 3.8) is 0 Å². The molecule has 1 heterocycles. The third-order valence-electron chi connectivity index (χ3n) is 2.67. The Hall–Kier alpha value is -1.55. The van der Waals surface area contributed by atoms with E-state index >= 15 is 0 Å². The van der Waals surface area contributed by atoms with Gasteiger partial charge in [0.1, 0.15) is 5.03 Å². The van der Waals surface area contributed by atoms with Gasteiger partial charge in [0.25, 0.3) is 0 Å². The molecule has 0 radical (unpaired) electrons. The third-order valence-corrected chi connectivity index (χ3v) is 3.08. The van der Waals surface area contributed by atoms with Crippen molar-refractivity contribution in [2.24, 2.45) is 0 Å². The summed E-state index contributed by atoms with van der Waals surface area (Å²) in [5, 5.41) is 4.95. The van der Waals surface area contributed by atoms with Gasteiger partial charge in [0.05, 0.1) is 16.9 Å². The number of hydrogen-bond acceptors (Lipinski definition) is 3. The van der Waals surface area contributed by atoms with Gasteiger partial charge in [0, 0.05) is 0 Å². The maximum atomic E-state index is 11.5. The summed E-state index contributed by atoms with van der Waals surface area (Å²) in [6, 6.07) is 7.94. The van der Waals surface area contributed by atoms with E-state index < -0.39 is 0 Å². The summed E-state index contributed by atoms with van der Waals surface area (Å²) < 4.78 is 1.69. The van der Waals surface area contributed by atoms with Crippen LogP contribution >= 0.6 is 12.6 Å². The fourth-order valence-electron chi connectivity index (χ4n) is 1.79. The van der Waals surface area contributed by atoms with Crippen LogP contribution in [0.15, 0.2) is 29.3 Å². The molecule has 0 spiro atoms. The highest BCUT2D eigenvalue weighted by atomic mass is 32.1. The molecule has 0 saturated heterocycles. The first-order valence-corrected chi connectivity index (χ1v) is 5.82. The molecule has 0 atom stereocenters. The number of hydrogen-bond donors (Lipinski definition) is 1. The van der Waals surface area contributed by atoms with E-state index in [1.807, 2.05) is 38.1 Å². The molecule has 1 aromatic carbocycles. The summed E-state index contributed by atoms with van der Waals surface area (Å²) in [6.07, 6.45) is 0. The van der Waals surface area contributed by atoms with Crippen molar-refractivity contribution in [1.82, 2.24) is 9.78 Å². The molecule has 0 aliphatic heterocycles. The van der Waals surface area contributed by atoms with Crippen molar-refractivity contribution in [2.75, 3.05) is 0 Å². The van der Waals surface area contributed by atoms with Crippen LogP contribution in [0, 0.1) is 13.8 Å². The van der Waals surface area contributed by atoms with Crippen molar-refractivity contribution in [3.8, 4) is 5.69 Å². The monoisotopic (exact) mass is 246 g/mol. The van der Waals surface area contributed by atoms with Crippen LogP contribution in [0.2, 0.25) is 0 Å². The van der Waals surface area contributed by atoms with Crippen LogP contribution in [0.5, 0.6) is 0 Å². The lowest BCUT2D eigenvalue weighted by molar-refractivity contribution is 0.101. The van der Waals surface area contributed by atoms with Gasteiger partial charge in [-0.3, -0.25) is 4.79 Å². The van der Waals surface area contributed by atoms with Crippen LogP contribution in [0.25, 0.3) is 5.69 Å². The molecule has 4 heteroatoms. The van der Waals surface area contributed by atoms with E-state index in [0.717, 1.165) is 5.69 Å². The number of ketones is 1. The summed E-state index contributed by atoms with van der Waals surface area (Å²) >= 11 is 4.39. The van der Waals surface area contributed by atoms with Gasteiger partial charge < -0.3 is 0 Å². The Morgan fingerprint density at radius 2 is 1.82 bits per heavy atom. The minimum atomic E-state index is -0.00846. The zero-order valence-electron chi connectivity index (χ0n) is 10.1. The van der Waals surface area contributed by atoms with Gasteiger partial charge in [0.15, 0.2) is 5.78 Å². The summed E-state index contributed by atoms with van der Waals surface area (Å²) in [6.45, 7) is 5.38. The number of Topliss-reactive ketones (excluding diaryl/α,β-unsaturated/α-hetero) is 1. The highest BCUT2D eigenvalue weighted by Crippen LogP contribution is 2.22. The van der Waals surface area contributed by atoms with Crippen LogP contribution in [-0.2, 0) is 0 Å². The van der Waals surface area contributed by atoms with Crippen molar-refractivity contribution >= 4 is 18.4 Å². The molecule has 0 N–H and O–H groups in total. The summed E-state index contributed by atoms with van der Waals surface area (Å²) in [4.78, 5) is 11.5. The lowest BCUT2D eigenvalue weighted by Gasteiger charge is -2.04.